The molecule has 0 amide bonds. The summed E-state index contributed by atoms with van der Waals surface area (Å²) in [6, 6.07) is 5.46. The number of ether oxygens (including phenoxy) is 2. The van der Waals surface area contributed by atoms with Crippen LogP contribution in [-0.2, 0) is 11.3 Å². The molecule has 0 unspecified atom stereocenters. The molecular formula is C12H13BrN2O3. The molecule has 1 heterocycles. The number of anilines is 1. The average molecular weight is 313 g/mol. The van der Waals surface area contributed by atoms with Crippen molar-refractivity contribution in [1.29, 1.82) is 0 Å². The van der Waals surface area contributed by atoms with Gasteiger partial charge in [0.25, 0.3) is 0 Å². The first-order valence-electron chi connectivity index (χ1n) is 5.23. The maximum atomic E-state index is 5.58. The van der Waals surface area contributed by atoms with E-state index in [4.69, 9.17) is 19.7 Å². The first-order chi connectivity index (χ1) is 8.65. The van der Waals surface area contributed by atoms with E-state index >= 15 is 0 Å². The molecule has 0 fully saturated rings. The number of nitrogen functional groups attached to an aromatic ring is 1. The van der Waals surface area contributed by atoms with Gasteiger partial charge in [0.1, 0.15) is 5.75 Å². The Hall–Kier alpha value is -1.53. The fourth-order valence-corrected chi connectivity index (χ4v) is 2.24. The van der Waals surface area contributed by atoms with Crippen LogP contribution in [0.1, 0.15) is 5.56 Å². The van der Waals surface area contributed by atoms with Crippen LogP contribution in [0.25, 0.3) is 11.3 Å². The van der Waals surface area contributed by atoms with Crippen molar-refractivity contribution in [3.8, 4) is 17.1 Å². The van der Waals surface area contributed by atoms with Crippen LogP contribution >= 0.6 is 15.9 Å². The zero-order valence-electron chi connectivity index (χ0n) is 10.1. The molecule has 2 rings (SSSR count). The summed E-state index contributed by atoms with van der Waals surface area (Å²) >= 11 is 3.43. The maximum absolute atomic E-state index is 5.58. The Morgan fingerprint density at radius 3 is 2.67 bits per heavy atom. The lowest BCUT2D eigenvalue weighted by atomic mass is 10.0. The Labute approximate surface area is 113 Å². The van der Waals surface area contributed by atoms with Crippen molar-refractivity contribution < 1.29 is 14.0 Å². The second-order valence-corrected chi connectivity index (χ2v) is 4.61. The molecule has 18 heavy (non-hydrogen) atoms. The van der Waals surface area contributed by atoms with E-state index < -0.39 is 0 Å². The second-order valence-electron chi connectivity index (χ2n) is 3.69. The zero-order chi connectivity index (χ0) is 13.1. The summed E-state index contributed by atoms with van der Waals surface area (Å²) < 4.78 is 16.6. The highest BCUT2D eigenvalue weighted by Crippen LogP contribution is 2.37. The summed E-state index contributed by atoms with van der Waals surface area (Å²) in [5.41, 5.74) is 7.30. The van der Waals surface area contributed by atoms with Crippen LogP contribution in [-0.4, -0.2) is 19.4 Å². The number of aromatic nitrogens is 1. The van der Waals surface area contributed by atoms with E-state index in [1.807, 2.05) is 12.1 Å². The summed E-state index contributed by atoms with van der Waals surface area (Å²) in [6.07, 6.45) is 0. The Morgan fingerprint density at radius 2 is 2.11 bits per heavy atom. The highest BCUT2D eigenvalue weighted by Gasteiger charge is 2.17. The lowest BCUT2D eigenvalue weighted by Gasteiger charge is -2.12. The van der Waals surface area contributed by atoms with E-state index in [1.165, 1.54) is 0 Å². The number of hydrogen-bond acceptors (Lipinski definition) is 5. The molecular weight excluding hydrogens is 300 g/mol. The number of methoxy groups -OCH3 is 2. The predicted octanol–water partition coefficient (Wildman–Crippen LogP) is 2.84. The number of nitrogens with zero attached hydrogens (tertiary/aromatic N) is 1. The van der Waals surface area contributed by atoms with Crippen LogP contribution in [0.4, 0.5) is 5.82 Å². The van der Waals surface area contributed by atoms with E-state index in [2.05, 4.69) is 21.1 Å². The molecule has 1 aromatic carbocycles. The second kappa shape index (κ2) is 5.41. The number of hydrogen-bond donors (Lipinski definition) is 1. The van der Waals surface area contributed by atoms with Crippen LogP contribution in [0.2, 0.25) is 0 Å². The van der Waals surface area contributed by atoms with E-state index in [1.54, 1.807) is 20.3 Å². The van der Waals surface area contributed by atoms with Crippen molar-refractivity contribution in [3.63, 3.8) is 0 Å². The number of benzene rings is 1. The van der Waals surface area contributed by atoms with E-state index in [-0.39, 0.29) is 0 Å². The highest BCUT2D eigenvalue weighted by atomic mass is 79.9. The molecule has 0 aliphatic rings. The van der Waals surface area contributed by atoms with Crippen LogP contribution < -0.4 is 10.5 Å². The minimum atomic E-state index is 0.332. The Bertz CT molecular complexity index is 554. The summed E-state index contributed by atoms with van der Waals surface area (Å²) in [5, 5.41) is 3.69. The molecule has 2 aromatic rings. The normalized spacial score (nSPS) is 10.6. The van der Waals surface area contributed by atoms with Gasteiger partial charge in [-0.05, 0) is 17.7 Å². The predicted molar refractivity (Wildman–Crippen MR) is 71.3 cm³/mol. The standard InChI is InChI=1S/C12H13BrN2O3/c1-16-6-7-3-8(13)4-9(17-2)12(7)10-5-11(14)15-18-10/h3-5H,6H2,1-2H3,(H2,14,15). The van der Waals surface area contributed by atoms with Crippen LogP contribution in [0.5, 0.6) is 5.75 Å². The van der Waals surface area contributed by atoms with Gasteiger partial charge in [-0.15, -0.1) is 0 Å². The highest BCUT2D eigenvalue weighted by molar-refractivity contribution is 9.10. The van der Waals surface area contributed by atoms with Crippen molar-refractivity contribution in [1.82, 2.24) is 5.16 Å². The van der Waals surface area contributed by atoms with Crippen molar-refractivity contribution >= 4 is 21.7 Å². The van der Waals surface area contributed by atoms with Gasteiger partial charge in [-0.3, -0.25) is 0 Å². The van der Waals surface area contributed by atoms with E-state index in [0.29, 0.717) is 23.9 Å². The molecule has 0 saturated heterocycles. The number of halogens is 1. The van der Waals surface area contributed by atoms with Crippen molar-refractivity contribution in [2.75, 3.05) is 20.0 Å². The first-order valence-corrected chi connectivity index (χ1v) is 6.03. The third-order valence-corrected chi connectivity index (χ3v) is 2.90. The molecule has 96 valence electrons. The lowest BCUT2D eigenvalue weighted by molar-refractivity contribution is 0.185. The molecule has 5 nitrogen and oxygen atoms in total. The Kier molecular flexibility index (Phi) is 3.88. The lowest BCUT2D eigenvalue weighted by Crippen LogP contribution is -1.96. The third kappa shape index (κ3) is 2.49. The largest absolute Gasteiger partial charge is 0.496 e. The van der Waals surface area contributed by atoms with E-state index in [9.17, 15) is 0 Å². The summed E-state index contributed by atoms with van der Waals surface area (Å²) in [4.78, 5) is 0. The van der Waals surface area contributed by atoms with E-state index in [0.717, 1.165) is 15.6 Å². The molecule has 0 atom stereocenters. The van der Waals surface area contributed by atoms with Gasteiger partial charge >= 0.3 is 0 Å². The van der Waals surface area contributed by atoms with Crippen molar-refractivity contribution in [2.45, 2.75) is 6.61 Å². The fraction of sp³-hybridized carbons (Fsp3) is 0.250. The molecule has 0 aliphatic carbocycles. The molecule has 0 radical (unpaired) electrons. The van der Waals surface area contributed by atoms with Crippen LogP contribution in [0.3, 0.4) is 0 Å². The van der Waals surface area contributed by atoms with Gasteiger partial charge in [0.2, 0.25) is 0 Å². The van der Waals surface area contributed by atoms with Crippen LogP contribution in [0, 0.1) is 0 Å². The topological polar surface area (TPSA) is 70.5 Å². The molecule has 0 spiro atoms. The minimum Gasteiger partial charge on any atom is -0.496 e. The summed E-state index contributed by atoms with van der Waals surface area (Å²) in [7, 11) is 3.23. The summed E-state index contributed by atoms with van der Waals surface area (Å²) in [5.74, 6) is 1.56. The zero-order valence-corrected chi connectivity index (χ0v) is 11.7. The fourth-order valence-electron chi connectivity index (χ4n) is 1.75. The van der Waals surface area contributed by atoms with Gasteiger partial charge in [0.05, 0.1) is 19.3 Å². The number of nitrogens with two attached hydrogens (primary N) is 1. The van der Waals surface area contributed by atoms with Gasteiger partial charge in [-0.2, -0.15) is 0 Å². The first kappa shape index (κ1) is 12.9. The molecule has 0 bridgehead atoms. The van der Waals surface area contributed by atoms with Crippen molar-refractivity contribution in [3.05, 3.63) is 28.2 Å². The van der Waals surface area contributed by atoms with Gasteiger partial charge in [0, 0.05) is 17.6 Å². The quantitative estimate of drug-likeness (QED) is 0.940. The number of rotatable bonds is 4. The van der Waals surface area contributed by atoms with Crippen molar-refractivity contribution in [2.24, 2.45) is 0 Å². The molecule has 6 heteroatoms. The molecule has 2 N–H and O–H groups in total. The Balaban J connectivity index is 2.61. The van der Waals surface area contributed by atoms with Crippen LogP contribution in [0.15, 0.2) is 27.2 Å². The average Bonchev–Trinajstić information content (AvgIpc) is 2.75. The molecule has 0 aliphatic heterocycles. The van der Waals surface area contributed by atoms with Gasteiger partial charge in [-0.25, -0.2) is 0 Å². The maximum Gasteiger partial charge on any atom is 0.173 e. The molecule has 0 saturated carbocycles. The van der Waals surface area contributed by atoms with Gasteiger partial charge < -0.3 is 19.7 Å². The minimum absolute atomic E-state index is 0.332. The van der Waals surface area contributed by atoms with Gasteiger partial charge in [-0.1, -0.05) is 21.1 Å². The smallest absolute Gasteiger partial charge is 0.173 e. The Morgan fingerprint density at radius 1 is 1.33 bits per heavy atom. The monoisotopic (exact) mass is 312 g/mol. The molecule has 1 aromatic heterocycles. The SMILES string of the molecule is COCc1cc(Br)cc(OC)c1-c1cc(N)no1. The third-order valence-electron chi connectivity index (χ3n) is 2.44. The van der Waals surface area contributed by atoms with Gasteiger partial charge in [0.15, 0.2) is 11.6 Å². The summed E-state index contributed by atoms with van der Waals surface area (Å²) in [6.45, 7) is 0.436.